The van der Waals surface area contributed by atoms with E-state index in [1.807, 2.05) is 18.2 Å². The van der Waals surface area contributed by atoms with E-state index in [9.17, 15) is 9.59 Å². The van der Waals surface area contributed by atoms with Crippen molar-refractivity contribution in [2.45, 2.75) is 25.8 Å². The summed E-state index contributed by atoms with van der Waals surface area (Å²) in [7, 11) is 3.29. The third kappa shape index (κ3) is 4.71. The minimum Gasteiger partial charge on any atom is -0.497 e. The number of amides is 1. The van der Waals surface area contributed by atoms with Gasteiger partial charge in [-0.3, -0.25) is 14.5 Å². The van der Waals surface area contributed by atoms with Gasteiger partial charge in [-0.2, -0.15) is 0 Å². The van der Waals surface area contributed by atoms with Gasteiger partial charge in [-0.25, -0.2) is 0 Å². The van der Waals surface area contributed by atoms with Crippen LogP contribution in [0.2, 0.25) is 0 Å². The monoisotopic (exact) mass is 334 g/mol. The topological polar surface area (TPSA) is 59.1 Å². The van der Waals surface area contributed by atoms with Gasteiger partial charge < -0.3 is 14.4 Å². The van der Waals surface area contributed by atoms with Crippen molar-refractivity contribution in [3.8, 4) is 5.75 Å². The van der Waals surface area contributed by atoms with E-state index in [1.54, 1.807) is 21.1 Å². The number of nitrogens with zero attached hydrogens (tertiary/aromatic N) is 2. The van der Waals surface area contributed by atoms with Crippen LogP contribution in [0.5, 0.6) is 5.75 Å². The number of benzene rings is 1. The van der Waals surface area contributed by atoms with Gasteiger partial charge in [0.25, 0.3) is 0 Å². The zero-order chi connectivity index (χ0) is 17.5. The molecule has 1 fully saturated rings. The molecule has 2 rings (SSSR count). The largest absolute Gasteiger partial charge is 0.497 e. The molecule has 1 atom stereocenters. The molecule has 132 valence electrons. The average molecular weight is 334 g/mol. The van der Waals surface area contributed by atoms with Crippen molar-refractivity contribution in [1.82, 2.24) is 9.80 Å². The minimum absolute atomic E-state index is 0.00958. The van der Waals surface area contributed by atoms with E-state index in [0.717, 1.165) is 30.7 Å². The highest BCUT2D eigenvalue weighted by atomic mass is 16.5. The molecule has 0 bridgehead atoms. The second-order valence-electron chi connectivity index (χ2n) is 5.96. The number of methoxy groups -OCH3 is 1. The van der Waals surface area contributed by atoms with Crippen LogP contribution in [-0.4, -0.2) is 62.1 Å². The van der Waals surface area contributed by atoms with Crippen molar-refractivity contribution >= 4 is 11.9 Å². The van der Waals surface area contributed by atoms with Crippen LogP contribution >= 0.6 is 0 Å². The first kappa shape index (κ1) is 18.3. The van der Waals surface area contributed by atoms with Gasteiger partial charge in [-0.15, -0.1) is 0 Å². The van der Waals surface area contributed by atoms with Gasteiger partial charge in [0.2, 0.25) is 5.91 Å². The van der Waals surface area contributed by atoms with Crippen LogP contribution in [0.3, 0.4) is 0 Å². The number of likely N-dealkylation sites (tertiary alicyclic amines) is 1. The van der Waals surface area contributed by atoms with Crippen LogP contribution in [0.4, 0.5) is 0 Å². The summed E-state index contributed by atoms with van der Waals surface area (Å²) >= 11 is 0. The molecule has 1 amide bonds. The molecule has 0 N–H and O–H groups in total. The van der Waals surface area contributed by atoms with Gasteiger partial charge in [-0.1, -0.05) is 12.1 Å². The summed E-state index contributed by atoms with van der Waals surface area (Å²) in [5.74, 6) is 0.377. The van der Waals surface area contributed by atoms with E-state index < -0.39 is 0 Å². The van der Waals surface area contributed by atoms with Gasteiger partial charge in [0.1, 0.15) is 12.3 Å². The lowest BCUT2D eigenvalue weighted by molar-refractivity contribution is -0.148. The molecule has 1 aromatic carbocycles. The lowest BCUT2D eigenvalue weighted by Gasteiger charge is -2.26. The average Bonchev–Trinajstić information content (AvgIpc) is 3.03. The second kappa shape index (κ2) is 8.68. The molecule has 1 unspecified atom stereocenters. The van der Waals surface area contributed by atoms with Crippen molar-refractivity contribution in [1.29, 1.82) is 0 Å². The number of hydrogen-bond acceptors (Lipinski definition) is 5. The highest BCUT2D eigenvalue weighted by Crippen LogP contribution is 2.33. The van der Waals surface area contributed by atoms with Gasteiger partial charge in [-0.05, 0) is 44.0 Å². The SMILES string of the molecule is CCOC(=O)CN(C)C(=O)CN1CCCC1c1cccc(OC)c1. The van der Waals surface area contributed by atoms with Crippen molar-refractivity contribution in [2.75, 3.05) is 40.4 Å². The molecule has 0 aromatic heterocycles. The number of hydrogen-bond donors (Lipinski definition) is 0. The molecule has 24 heavy (non-hydrogen) atoms. The van der Waals surface area contributed by atoms with Crippen LogP contribution in [0.15, 0.2) is 24.3 Å². The number of carbonyl (C=O) groups excluding carboxylic acids is 2. The quantitative estimate of drug-likeness (QED) is 0.712. The van der Waals surface area contributed by atoms with Crippen LogP contribution in [0.25, 0.3) is 0 Å². The maximum atomic E-state index is 12.4. The maximum Gasteiger partial charge on any atom is 0.325 e. The fourth-order valence-corrected chi connectivity index (χ4v) is 3.02. The van der Waals surface area contributed by atoms with E-state index in [4.69, 9.17) is 9.47 Å². The van der Waals surface area contributed by atoms with Gasteiger partial charge in [0.15, 0.2) is 0 Å². The van der Waals surface area contributed by atoms with Crippen molar-refractivity contribution in [2.24, 2.45) is 0 Å². The van der Waals surface area contributed by atoms with E-state index in [-0.39, 0.29) is 24.5 Å². The predicted octanol–water partition coefficient (Wildman–Crippen LogP) is 1.85. The third-order valence-electron chi connectivity index (χ3n) is 4.28. The molecular weight excluding hydrogens is 308 g/mol. The highest BCUT2D eigenvalue weighted by molar-refractivity contribution is 5.83. The van der Waals surface area contributed by atoms with Gasteiger partial charge in [0.05, 0.1) is 20.3 Å². The Morgan fingerprint density at radius 2 is 2.17 bits per heavy atom. The van der Waals surface area contributed by atoms with E-state index >= 15 is 0 Å². The first-order valence-corrected chi connectivity index (χ1v) is 8.32. The van der Waals surface area contributed by atoms with Crippen molar-refractivity contribution in [3.05, 3.63) is 29.8 Å². The zero-order valence-electron chi connectivity index (χ0n) is 14.7. The number of rotatable bonds is 7. The van der Waals surface area contributed by atoms with Crippen LogP contribution < -0.4 is 4.74 Å². The predicted molar refractivity (Wildman–Crippen MR) is 90.8 cm³/mol. The fraction of sp³-hybridized carbons (Fsp3) is 0.556. The molecule has 0 radical (unpaired) electrons. The van der Waals surface area contributed by atoms with Gasteiger partial charge in [0, 0.05) is 13.1 Å². The van der Waals surface area contributed by atoms with Crippen molar-refractivity contribution < 1.29 is 19.1 Å². The maximum absolute atomic E-state index is 12.4. The second-order valence-corrected chi connectivity index (χ2v) is 5.96. The third-order valence-corrected chi connectivity index (χ3v) is 4.28. The van der Waals surface area contributed by atoms with Crippen molar-refractivity contribution in [3.63, 3.8) is 0 Å². The Morgan fingerprint density at radius 3 is 2.88 bits per heavy atom. The molecule has 1 aliphatic heterocycles. The summed E-state index contributed by atoms with van der Waals surface area (Å²) in [5, 5.41) is 0. The Labute approximate surface area is 143 Å². The number of likely N-dealkylation sites (N-methyl/N-ethyl adjacent to an activating group) is 1. The summed E-state index contributed by atoms with van der Waals surface area (Å²) in [6.07, 6.45) is 2.07. The normalized spacial score (nSPS) is 17.5. The summed E-state index contributed by atoms with van der Waals surface area (Å²) in [6.45, 7) is 3.25. The Balaban J connectivity index is 1.97. The highest BCUT2D eigenvalue weighted by Gasteiger charge is 2.29. The first-order chi connectivity index (χ1) is 11.5. The number of esters is 1. The minimum atomic E-state index is -0.376. The summed E-state index contributed by atoms with van der Waals surface area (Å²) < 4.78 is 10.2. The van der Waals surface area contributed by atoms with E-state index in [2.05, 4.69) is 11.0 Å². The number of carbonyl (C=O) groups is 2. The van der Waals surface area contributed by atoms with E-state index in [1.165, 1.54) is 4.90 Å². The van der Waals surface area contributed by atoms with E-state index in [0.29, 0.717) is 13.2 Å². The molecule has 0 saturated carbocycles. The lowest BCUT2D eigenvalue weighted by atomic mass is 10.0. The zero-order valence-corrected chi connectivity index (χ0v) is 14.7. The summed E-state index contributed by atoms with van der Waals surface area (Å²) in [4.78, 5) is 27.5. The molecule has 1 heterocycles. The van der Waals surface area contributed by atoms with Crippen LogP contribution in [-0.2, 0) is 14.3 Å². The smallest absolute Gasteiger partial charge is 0.325 e. The molecule has 6 heteroatoms. The van der Waals surface area contributed by atoms with Gasteiger partial charge >= 0.3 is 5.97 Å². The van der Waals surface area contributed by atoms with Crippen LogP contribution in [0, 0.1) is 0 Å². The Hall–Kier alpha value is -2.08. The molecule has 6 nitrogen and oxygen atoms in total. The summed E-state index contributed by atoms with van der Waals surface area (Å²) in [6, 6.07) is 8.19. The molecule has 0 spiro atoms. The Kier molecular flexibility index (Phi) is 6.61. The standard InChI is InChI=1S/C18H26N2O4/c1-4-24-18(22)13-19(2)17(21)12-20-10-6-9-16(20)14-7-5-8-15(11-14)23-3/h5,7-8,11,16H,4,6,9-10,12-13H2,1-3H3. The van der Waals surface area contributed by atoms with Crippen LogP contribution in [0.1, 0.15) is 31.4 Å². The summed E-state index contributed by atoms with van der Waals surface area (Å²) in [5.41, 5.74) is 1.16. The molecular formula is C18H26N2O4. The molecule has 1 aromatic rings. The molecule has 1 saturated heterocycles. The molecule has 0 aliphatic carbocycles. The Bertz CT molecular complexity index is 576. The lowest BCUT2D eigenvalue weighted by Crippen LogP contribution is -2.40. The first-order valence-electron chi connectivity index (χ1n) is 8.32. The fourth-order valence-electron chi connectivity index (χ4n) is 3.02. The Morgan fingerprint density at radius 1 is 1.38 bits per heavy atom. The molecule has 1 aliphatic rings. The number of ether oxygens (including phenoxy) is 2.